The summed E-state index contributed by atoms with van der Waals surface area (Å²) in [6, 6.07) is 6.07. The molecule has 1 aromatic rings. The quantitative estimate of drug-likeness (QED) is 0.873. The van der Waals surface area contributed by atoms with Gasteiger partial charge >= 0.3 is 0 Å². The second-order valence-corrected chi connectivity index (χ2v) is 5.47. The fraction of sp³-hybridized carbons (Fsp3) is 0.533. The van der Waals surface area contributed by atoms with Crippen LogP contribution < -0.4 is 10.6 Å². The topological polar surface area (TPSA) is 53.6 Å². The molecule has 0 aromatic heterocycles. The number of nitrogens with zero attached hydrogens (tertiary/aromatic N) is 1. The summed E-state index contributed by atoms with van der Waals surface area (Å²) in [6.07, 6.45) is 2.05. The number of fused-ring (bicyclic) bond motifs is 1. The number of hydrogen-bond donors (Lipinski definition) is 2. The number of carbonyl (C=O) groups excluding carboxylic acids is 1. The fourth-order valence-electron chi connectivity index (χ4n) is 3.07. The second-order valence-electron chi connectivity index (χ2n) is 5.47. The van der Waals surface area contributed by atoms with Crippen LogP contribution in [0.15, 0.2) is 18.2 Å². The van der Waals surface area contributed by atoms with Gasteiger partial charge in [-0.3, -0.25) is 9.69 Å². The van der Waals surface area contributed by atoms with Crippen LogP contribution in [0.2, 0.25) is 0 Å². The van der Waals surface area contributed by atoms with Gasteiger partial charge in [0.2, 0.25) is 5.91 Å². The van der Waals surface area contributed by atoms with Gasteiger partial charge in [0, 0.05) is 38.6 Å². The number of ether oxygens (including phenoxy) is 1. The highest BCUT2D eigenvalue weighted by atomic mass is 16.5. The van der Waals surface area contributed by atoms with E-state index < -0.39 is 0 Å². The predicted octanol–water partition coefficient (Wildman–Crippen LogP) is 1.31. The number of rotatable bonds is 3. The molecule has 0 radical (unpaired) electrons. The first kappa shape index (κ1) is 13.4. The maximum atomic E-state index is 12.3. The van der Waals surface area contributed by atoms with E-state index in [1.807, 2.05) is 13.1 Å². The molecule has 0 bridgehead atoms. The van der Waals surface area contributed by atoms with Crippen LogP contribution in [0.3, 0.4) is 0 Å². The Morgan fingerprint density at radius 3 is 3.00 bits per heavy atom. The Balaban J connectivity index is 1.77. The largest absolute Gasteiger partial charge is 0.388 e. The van der Waals surface area contributed by atoms with Crippen LogP contribution in [-0.4, -0.2) is 50.2 Å². The first-order chi connectivity index (χ1) is 9.71. The zero-order valence-corrected chi connectivity index (χ0v) is 12.0. The van der Waals surface area contributed by atoms with Crippen molar-refractivity contribution in [2.24, 2.45) is 0 Å². The zero-order chi connectivity index (χ0) is 14.1. The smallest absolute Gasteiger partial charge is 0.242 e. The number of amides is 1. The molecule has 0 aliphatic carbocycles. The van der Waals surface area contributed by atoms with E-state index in [1.54, 1.807) is 7.11 Å². The normalized spacial score (nSPS) is 26.2. The van der Waals surface area contributed by atoms with Gasteiger partial charge < -0.3 is 15.4 Å². The van der Waals surface area contributed by atoms with Gasteiger partial charge in [0.1, 0.15) is 0 Å². The van der Waals surface area contributed by atoms with Crippen molar-refractivity contribution < 1.29 is 9.53 Å². The van der Waals surface area contributed by atoms with Gasteiger partial charge in [0.25, 0.3) is 0 Å². The van der Waals surface area contributed by atoms with Crippen LogP contribution in [0.1, 0.15) is 12.0 Å². The molecule has 20 heavy (non-hydrogen) atoms. The number of benzene rings is 1. The standard InChI is InChI=1S/C15H21N3O2/c1-16-11-4-3-10-7-14(15(19)17-13(10)8-11)18-6-5-12(9-18)20-2/h3-4,8,12,14,16H,5-7,9H2,1-2H3,(H,17,19). The van der Waals surface area contributed by atoms with E-state index in [2.05, 4.69) is 27.7 Å². The van der Waals surface area contributed by atoms with Gasteiger partial charge in [-0.2, -0.15) is 0 Å². The average molecular weight is 275 g/mol. The summed E-state index contributed by atoms with van der Waals surface area (Å²) in [5.41, 5.74) is 3.15. The Morgan fingerprint density at radius 2 is 2.30 bits per heavy atom. The van der Waals surface area contributed by atoms with Crippen LogP contribution in [-0.2, 0) is 16.0 Å². The Bertz CT molecular complexity index is 518. The Hall–Kier alpha value is -1.59. The number of carbonyl (C=O) groups is 1. The molecule has 3 rings (SSSR count). The van der Waals surface area contributed by atoms with Crippen LogP contribution in [0.4, 0.5) is 11.4 Å². The first-order valence-corrected chi connectivity index (χ1v) is 7.09. The maximum Gasteiger partial charge on any atom is 0.242 e. The average Bonchev–Trinajstić information content (AvgIpc) is 2.94. The number of hydrogen-bond acceptors (Lipinski definition) is 4. The third kappa shape index (κ3) is 2.39. The monoisotopic (exact) mass is 275 g/mol. The molecule has 2 aliphatic heterocycles. The molecule has 2 aliphatic rings. The third-order valence-electron chi connectivity index (χ3n) is 4.32. The zero-order valence-electron chi connectivity index (χ0n) is 12.0. The lowest BCUT2D eigenvalue weighted by atomic mass is 9.97. The summed E-state index contributed by atoms with van der Waals surface area (Å²) in [4.78, 5) is 14.6. The Kier molecular flexibility index (Phi) is 3.63. The van der Waals surface area contributed by atoms with Gasteiger partial charge in [-0.1, -0.05) is 6.07 Å². The van der Waals surface area contributed by atoms with Crippen molar-refractivity contribution in [2.75, 3.05) is 37.9 Å². The molecule has 2 heterocycles. The molecule has 5 heteroatoms. The number of likely N-dealkylation sites (tertiary alicyclic amines) is 1. The van der Waals surface area contributed by atoms with Crippen LogP contribution in [0.25, 0.3) is 0 Å². The van der Waals surface area contributed by atoms with Gasteiger partial charge in [-0.15, -0.1) is 0 Å². The highest BCUT2D eigenvalue weighted by molar-refractivity contribution is 5.98. The molecule has 2 N–H and O–H groups in total. The highest BCUT2D eigenvalue weighted by Gasteiger charge is 2.35. The molecule has 108 valence electrons. The minimum atomic E-state index is -0.0666. The van der Waals surface area contributed by atoms with Crippen LogP contribution in [0, 0.1) is 0 Å². The molecule has 1 saturated heterocycles. The summed E-state index contributed by atoms with van der Waals surface area (Å²) in [6.45, 7) is 1.78. The SMILES string of the molecule is CNc1ccc2c(c1)NC(=O)C(N1CCC(OC)C1)C2. The van der Waals surface area contributed by atoms with E-state index in [1.165, 1.54) is 5.56 Å². The van der Waals surface area contributed by atoms with Crippen molar-refractivity contribution in [1.82, 2.24) is 4.90 Å². The number of anilines is 2. The van der Waals surface area contributed by atoms with E-state index in [9.17, 15) is 4.79 Å². The molecule has 1 fully saturated rings. The van der Waals surface area contributed by atoms with Crippen molar-refractivity contribution in [1.29, 1.82) is 0 Å². The summed E-state index contributed by atoms with van der Waals surface area (Å²) in [5, 5.41) is 6.13. The molecule has 1 aromatic carbocycles. The summed E-state index contributed by atoms with van der Waals surface area (Å²) in [7, 11) is 3.62. The van der Waals surface area contributed by atoms with E-state index in [-0.39, 0.29) is 18.1 Å². The van der Waals surface area contributed by atoms with Crippen LogP contribution >= 0.6 is 0 Å². The molecule has 2 unspecified atom stereocenters. The number of methoxy groups -OCH3 is 1. The predicted molar refractivity (Wildman–Crippen MR) is 79.1 cm³/mol. The molecular weight excluding hydrogens is 254 g/mol. The Labute approximate surface area is 119 Å². The molecule has 2 atom stereocenters. The lowest BCUT2D eigenvalue weighted by Crippen LogP contribution is -2.47. The fourth-order valence-corrected chi connectivity index (χ4v) is 3.07. The molecule has 1 amide bonds. The van der Waals surface area contributed by atoms with E-state index in [4.69, 9.17) is 4.74 Å². The lowest BCUT2D eigenvalue weighted by molar-refractivity contribution is -0.121. The van der Waals surface area contributed by atoms with Gasteiger partial charge in [0.15, 0.2) is 0 Å². The molecule has 5 nitrogen and oxygen atoms in total. The third-order valence-corrected chi connectivity index (χ3v) is 4.32. The van der Waals surface area contributed by atoms with Crippen molar-refractivity contribution in [3.05, 3.63) is 23.8 Å². The summed E-state index contributed by atoms with van der Waals surface area (Å²) in [5.74, 6) is 0.0995. The molecule has 0 spiro atoms. The van der Waals surface area contributed by atoms with E-state index >= 15 is 0 Å². The van der Waals surface area contributed by atoms with Gasteiger partial charge in [-0.05, 0) is 30.5 Å². The van der Waals surface area contributed by atoms with Crippen molar-refractivity contribution in [3.8, 4) is 0 Å². The minimum Gasteiger partial charge on any atom is -0.388 e. The van der Waals surface area contributed by atoms with Crippen molar-refractivity contribution >= 4 is 17.3 Å². The van der Waals surface area contributed by atoms with E-state index in [0.717, 1.165) is 37.3 Å². The first-order valence-electron chi connectivity index (χ1n) is 7.09. The highest BCUT2D eigenvalue weighted by Crippen LogP contribution is 2.29. The lowest BCUT2D eigenvalue weighted by Gasteiger charge is -2.31. The van der Waals surface area contributed by atoms with E-state index in [0.29, 0.717) is 0 Å². The molecule has 0 saturated carbocycles. The van der Waals surface area contributed by atoms with Crippen molar-refractivity contribution in [2.45, 2.75) is 25.0 Å². The van der Waals surface area contributed by atoms with Crippen LogP contribution in [0.5, 0.6) is 0 Å². The summed E-state index contributed by atoms with van der Waals surface area (Å²) < 4.78 is 5.39. The van der Waals surface area contributed by atoms with Crippen molar-refractivity contribution in [3.63, 3.8) is 0 Å². The second kappa shape index (κ2) is 5.42. The molecular formula is C15H21N3O2. The Morgan fingerprint density at radius 1 is 1.45 bits per heavy atom. The number of nitrogens with one attached hydrogen (secondary N) is 2. The minimum absolute atomic E-state index is 0.0666. The van der Waals surface area contributed by atoms with Gasteiger partial charge in [-0.25, -0.2) is 0 Å². The van der Waals surface area contributed by atoms with Gasteiger partial charge in [0.05, 0.1) is 12.1 Å². The maximum absolute atomic E-state index is 12.3. The summed E-state index contributed by atoms with van der Waals surface area (Å²) >= 11 is 0.